The van der Waals surface area contributed by atoms with Gasteiger partial charge in [0.05, 0.1) is 7.11 Å². The van der Waals surface area contributed by atoms with Gasteiger partial charge < -0.3 is 14.2 Å². The minimum atomic E-state index is -0.971. The van der Waals surface area contributed by atoms with E-state index in [1.807, 2.05) is 6.92 Å². The Bertz CT molecular complexity index is 166. The predicted octanol–water partition coefficient (Wildman–Crippen LogP) is 1.11. The van der Waals surface area contributed by atoms with E-state index in [4.69, 9.17) is 4.74 Å². The zero-order valence-corrected chi connectivity index (χ0v) is 7.87. The first-order chi connectivity index (χ1) is 6.20. The van der Waals surface area contributed by atoms with E-state index in [1.54, 1.807) is 0 Å². The maximum Gasteiger partial charge on any atom is 0.515 e. The van der Waals surface area contributed by atoms with E-state index in [0.717, 1.165) is 7.11 Å². The van der Waals surface area contributed by atoms with Gasteiger partial charge in [-0.25, -0.2) is 4.79 Å². The number of hydrogen-bond donors (Lipinski definition) is 0. The molecule has 0 bridgehead atoms. The van der Waals surface area contributed by atoms with E-state index in [2.05, 4.69) is 9.47 Å². The van der Waals surface area contributed by atoms with E-state index in [1.165, 1.54) is 0 Å². The fourth-order valence-corrected chi connectivity index (χ4v) is 0.649. The predicted molar refractivity (Wildman–Crippen MR) is 44.2 cm³/mol. The van der Waals surface area contributed by atoms with Crippen molar-refractivity contribution in [2.45, 2.75) is 19.8 Å². The molecule has 0 aliphatic carbocycles. The molecule has 0 aliphatic rings. The number of hydrogen-bond acceptors (Lipinski definition) is 5. The number of carbonyl (C=O) groups excluding carboxylic acids is 2. The van der Waals surface area contributed by atoms with Gasteiger partial charge in [0, 0.05) is 19.6 Å². The molecular formula is C8H14O5. The molecule has 0 rings (SSSR count). The Morgan fingerprint density at radius 3 is 2.54 bits per heavy atom. The van der Waals surface area contributed by atoms with Gasteiger partial charge in [-0.3, -0.25) is 4.79 Å². The molecule has 0 N–H and O–H groups in total. The third-order valence-electron chi connectivity index (χ3n) is 1.24. The highest BCUT2D eigenvalue weighted by molar-refractivity contribution is 5.81. The van der Waals surface area contributed by atoms with Crippen molar-refractivity contribution >= 4 is 12.1 Å². The molecule has 0 heterocycles. The van der Waals surface area contributed by atoms with E-state index in [9.17, 15) is 9.59 Å². The summed E-state index contributed by atoms with van der Waals surface area (Å²) >= 11 is 0. The Hall–Kier alpha value is -1.10. The van der Waals surface area contributed by atoms with Crippen molar-refractivity contribution in [2.75, 3.05) is 20.3 Å². The van der Waals surface area contributed by atoms with Crippen LogP contribution in [0.5, 0.6) is 0 Å². The van der Waals surface area contributed by atoms with Crippen LogP contribution in [0.1, 0.15) is 19.8 Å². The molecule has 0 aromatic rings. The molecule has 0 fully saturated rings. The number of ether oxygens (including phenoxy) is 3. The summed E-state index contributed by atoms with van der Waals surface area (Å²) in [6.45, 7) is 2.98. The zero-order chi connectivity index (χ0) is 10.1. The molecule has 0 unspecified atom stereocenters. The highest BCUT2D eigenvalue weighted by atomic mass is 16.7. The largest absolute Gasteiger partial charge is 0.515 e. The van der Waals surface area contributed by atoms with Crippen molar-refractivity contribution in [2.24, 2.45) is 0 Å². The van der Waals surface area contributed by atoms with Gasteiger partial charge in [-0.1, -0.05) is 0 Å². The SMILES string of the molecule is CCOCCCC(=O)OC(=O)OC. The third kappa shape index (κ3) is 7.27. The lowest BCUT2D eigenvalue weighted by Gasteiger charge is -2.01. The summed E-state index contributed by atoms with van der Waals surface area (Å²) in [5.41, 5.74) is 0. The van der Waals surface area contributed by atoms with Gasteiger partial charge in [-0.05, 0) is 13.3 Å². The molecule has 0 aromatic carbocycles. The number of esters is 1. The molecule has 0 atom stereocenters. The topological polar surface area (TPSA) is 61.8 Å². The molecule has 76 valence electrons. The summed E-state index contributed by atoms with van der Waals surface area (Å²) in [4.78, 5) is 21.2. The van der Waals surface area contributed by atoms with Gasteiger partial charge >= 0.3 is 12.1 Å². The minimum absolute atomic E-state index is 0.162. The maximum absolute atomic E-state index is 10.8. The summed E-state index contributed by atoms with van der Waals surface area (Å²) < 4.78 is 13.4. The van der Waals surface area contributed by atoms with Crippen molar-refractivity contribution in [1.29, 1.82) is 0 Å². The second-order valence-electron chi connectivity index (χ2n) is 2.23. The van der Waals surface area contributed by atoms with Crippen molar-refractivity contribution in [3.63, 3.8) is 0 Å². The molecule has 0 saturated carbocycles. The van der Waals surface area contributed by atoms with Crippen LogP contribution in [0, 0.1) is 0 Å². The monoisotopic (exact) mass is 190 g/mol. The molecular weight excluding hydrogens is 176 g/mol. The van der Waals surface area contributed by atoms with Gasteiger partial charge in [0.1, 0.15) is 0 Å². The molecule has 5 heteroatoms. The van der Waals surface area contributed by atoms with Crippen LogP contribution in [0.2, 0.25) is 0 Å². The van der Waals surface area contributed by atoms with Crippen molar-refractivity contribution in [1.82, 2.24) is 0 Å². The molecule has 0 aliphatic heterocycles. The first-order valence-electron chi connectivity index (χ1n) is 4.07. The Morgan fingerprint density at radius 1 is 1.31 bits per heavy atom. The lowest BCUT2D eigenvalue weighted by Crippen LogP contribution is -2.12. The first-order valence-corrected chi connectivity index (χ1v) is 4.07. The molecule has 5 nitrogen and oxygen atoms in total. The fourth-order valence-electron chi connectivity index (χ4n) is 0.649. The molecule has 0 spiro atoms. The second-order valence-corrected chi connectivity index (χ2v) is 2.23. The zero-order valence-electron chi connectivity index (χ0n) is 7.87. The smallest absolute Gasteiger partial charge is 0.437 e. The fraction of sp³-hybridized carbons (Fsp3) is 0.750. The van der Waals surface area contributed by atoms with Gasteiger partial charge in [-0.15, -0.1) is 0 Å². The average Bonchev–Trinajstić information content (AvgIpc) is 2.12. The van der Waals surface area contributed by atoms with Crippen LogP contribution >= 0.6 is 0 Å². The van der Waals surface area contributed by atoms with E-state index in [0.29, 0.717) is 19.6 Å². The standard InChI is InChI=1S/C8H14O5/c1-3-12-6-4-5-7(9)13-8(10)11-2/h3-6H2,1-2H3. The molecule has 0 radical (unpaired) electrons. The van der Waals surface area contributed by atoms with Gasteiger partial charge in [0.15, 0.2) is 0 Å². The third-order valence-corrected chi connectivity index (χ3v) is 1.24. The quantitative estimate of drug-likeness (QED) is 0.369. The highest BCUT2D eigenvalue weighted by Crippen LogP contribution is 1.95. The van der Waals surface area contributed by atoms with Crippen LogP contribution in [-0.4, -0.2) is 32.4 Å². The van der Waals surface area contributed by atoms with Crippen molar-refractivity contribution in [3.05, 3.63) is 0 Å². The summed E-state index contributed by atoms with van der Waals surface area (Å²) in [6, 6.07) is 0. The maximum atomic E-state index is 10.8. The van der Waals surface area contributed by atoms with Crippen LogP contribution in [0.15, 0.2) is 0 Å². The summed E-state index contributed by atoms with van der Waals surface area (Å²) in [5, 5.41) is 0. The molecule has 13 heavy (non-hydrogen) atoms. The Labute approximate surface area is 77.0 Å². The van der Waals surface area contributed by atoms with Gasteiger partial charge in [-0.2, -0.15) is 0 Å². The van der Waals surface area contributed by atoms with Crippen LogP contribution in [-0.2, 0) is 19.0 Å². The summed E-state index contributed by atoms with van der Waals surface area (Å²) in [7, 11) is 1.15. The normalized spacial score (nSPS) is 9.38. The van der Waals surface area contributed by atoms with Crippen molar-refractivity contribution in [3.8, 4) is 0 Å². The van der Waals surface area contributed by atoms with E-state index in [-0.39, 0.29) is 6.42 Å². The summed E-state index contributed by atoms with van der Waals surface area (Å²) in [6.07, 6.45) is -0.264. The van der Waals surface area contributed by atoms with E-state index < -0.39 is 12.1 Å². The Balaban J connectivity index is 3.35. The number of carbonyl (C=O) groups is 2. The second kappa shape index (κ2) is 7.54. The Kier molecular flexibility index (Phi) is 6.91. The van der Waals surface area contributed by atoms with Gasteiger partial charge in [0.2, 0.25) is 0 Å². The first kappa shape index (κ1) is 11.9. The van der Waals surface area contributed by atoms with Crippen LogP contribution in [0.3, 0.4) is 0 Å². The van der Waals surface area contributed by atoms with Crippen molar-refractivity contribution < 1.29 is 23.8 Å². The highest BCUT2D eigenvalue weighted by Gasteiger charge is 2.08. The lowest BCUT2D eigenvalue weighted by atomic mass is 10.3. The number of rotatable bonds is 5. The van der Waals surface area contributed by atoms with E-state index >= 15 is 0 Å². The minimum Gasteiger partial charge on any atom is -0.437 e. The van der Waals surface area contributed by atoms with Crippen LogP contribution in [0.25, 0.3) is 0 Å². The average molecular weight is 190 g/mol. The molecule has 0 amide bonds. The Morgan fingerprint density at radius 2 is 2.00 bits per heavy atom. The lowest BCUT2D eigenvalue weighted by molar-refractivity contribution is -0.139. The van der Waals surface area contributed by atoms with Gasteiger partial charge in [0.25, 0.3) is 0 Å². The molecule has 0 saturated heterocycles. The van der Waals surface area contributed by atoms with Crippen LogP contribution < -0.4 is 0 Å². The van der Waals surface area contributed by atoms with Crippen LogP contribution in [0.4, 0.5) is 4.79 Å². The summed E-state index contributed by atoms with van der Waals surface area (Å²) in [5.74, 6) is -0.591. The molecule has 0 aromatic heterocycles. The number of methoxy groups -OCH3 is 1.